The maximum atomic E-state index is 13.2. The Labute approximate surface area is 164 Å². The SMILES string of the molecule is NCC(=O)c1ccc(CN(C(=O)N2CCCCC2)c2cccc(Cl)c2)cc1. The van der Waals surface area contributed by atoms with Gasteiger partial charge in [-0.15, -0.1) is 0 Å². The van der Waals surface area contributed by atoms with Gasteiger partial charge in [0.1, 0.15) is 0 Å². The molecule has 0 bridgehead atoms. The van der Waals surface area contributed by atoms with Gasteiger partial charge in [0.15, 0.2) is 5.78 Å². The molecule has 1 saturated heterocycles. The van der Waals surface area contributed by atoms with Gasteiger partial charge >= 0.3 is 6.03 Å². The second-order valence-corrected chi connectivity index (χ2v) is 7.16. The molecule has 0 aromatic heterocycles. The first-order valence-corrected chi connectivity index (χ1v) is 9.60. The molecule has 0 aliphatic carbocycles. The largest absolute Gasteiger partial charge is 0.324 e. The molecule has 1 heterocycles. The van der Waals surface area contributed by atoms with Crippen LogP contribution in [0, 0.1) is 0 Å². The summed E-state index contributed by atoms with van der Waals surface area (Å²) in [6.45, 7) is 1.95. The average molecular weight is 386 g/mol. The summed E-state index contributed by atoms with van der Waals surface area (Å²) in [5, 5.41) is 0.591. The summed E-state index contributed by atoms with van der Waals surface area (Å²) in [6.07, 6.45) is 3.23. The normalized spacial score (nSPS) is 14.1. The van der Waals surface area contributed by atoms with Crippen molar-refractivity contribution >= 4 is 29.1 Å². The van der Waals surface area contributed by atoms with E-state index in [-0.39, 0.29) is 18.4 Å². The minimum absolute atomic E-state index is 0.0125. The van der Waals surface area contributed by atoms with Crippen LogP contribution in [0.3, 0.4) is 0 Å². The molecular formula is C21H24ClN3O2. The molecule has 5 nitrogen and oxygen atoms in total. The fourth-order valence-electron chi connectivity index (χ4n) is 3.27. The molecule has 1 fully saturated rings. The van der Waals surface area contributed by atoms with E-state index in [0.717, 1.165) is 43.6 Å². The molecule has 0 saturated carbocycles. The van der Waals surface area contributed by atoms with Crippen molar-refractivity contribution in [2.24, 2.45) is 5.73 Å². The first kappa shape index (κ1) is 19.4. The zero-order valence-electron chi connectivity index (χ0n) is 15.2. The summed E-state index contributed by atoms with van der Waals surface area (Å²) in [5.41, 5.74) is 7.70. The number of nitrogens with zero attached hydrogens (tertiary/aromatic N) is 2. The fraction of sp³-hybridized carbons (Fsp3) is 0.333. The van der Waals surface area contributed by atoms with E-state index >= 15 is 0 Å². The van der Waals surface area contributed by atoms with Crippen molar-refractivity contribution in [2.75, 3.05) is 24.5 Å². The highest BCUT2D eigenvalue weighted by atomic mass is 35.5. The van der Waals surface area contributed by atoms with Crippen LogP contribution in [0.2, 0.25) is 5.02 Å². The van der Waals surface area contributed by atoms with Crippen molar-refractivity contribution in [1.29, 1.82) is 0 Å². The number of halogens is 1. The lowest BCUT2D eigenvalue weighted by molar-refractivity contribution is 0.100. The number of Topliss-reactive ketones (excluding diaryl/α,β-unsaturated/α-hetero) is 1. The molecule has 0 spiro atoms. The molecule has 0 unspecified atom stereocenters. The Morgan fingerprint density at radius 2 is 1.74 bits per heavy atom. The van der Waals surface area contributed by atoms with E-state index in [1.54, 1.807) is 29.2 Å². The lowest BCUT2D eigenvalue weighted by atomic mass is 10.1. The molecule has 142 valence electrons. The van der Waals surface area contributed by atoms with Gasteiger partial charge in [0, 0.05) is 29.4 Å². The van der Waals surface area contributed by atoms with Crippen molar-refractivity contribution in [2.45, 2.75) is 25.8 Å². The van der Waals surface area contributed by atoms with Crippen molar-refractivity contribution in [1.82, 2.24) is 4.90 Å². The lowest BCUT2D eigenvalue weighted by Gasteiger charge is -2.33. The first-order chi connectivity index (χ1) is 13.1. The Bertz CT molecular complexity index is 801. The molecule has 0 atom stereocenters. The Kier molecular flexibility index (Phi) is 6.48. The van der Waals surface area contributed by atoms with Crippen LogP contribution in [0.5, 0.6) is 0 Å². The van der Waals surface area contributed by atoms with E-state index in [2.05, 4.69) is 0 Å². The summed E-state index contributed by atoms with van der Waals surface area (Å²) in [5.74, 6) is -0.0994. The van der Waals surface area contributed by atoms with Gasteiger partial charge < -0.3 is 10.6 Å². The number of urea groups is 1. The standard InChI is InChI=1S/C21H24ClN3O2/c22-18-5-4-6-19(13-18)25(21(27)24-11-2-1-3-12-24)15-16-7-9-17(10-8-16)20(26)14-23/h4-10,13H,1-3,11-12,14-15,23H2. The Balaban J connectivity index is 1.85. The van der Waals surface area contributed by atoms with Crippen LogP contribution in [0.1, 0.15) is 35.2 Å². The van der Waals surface area contributed by atoms with Crippen molar-refractivity contribution < 1.29 is 9.59 Å². The van der Waals surface area contributed by atoms with E-state index in [1.807, 2.05) is 29.2 Å². The van der Waals surface area contributed by atoms with Crippen LogP contribution < -0.4 is 10.6 Å². The Morgan fingerprint density at radius 3 is 2.37 bits per heavy atom. The Hall–Kier alpha value is -2.37. The summed E-state index contributed by atoms with van der Waals surface area (Å²) in [4.78, 5) is 28.5. The van der Waals surface area contributed by atoms with Gasteiger partial charge in [-0.05, 0) is 43.0 Å². The predicted octanol–water partition coefficient (Wildman–Crippen LogP) is 4.09. The maximum Gasteiger partial charge on any atom is 0.324 e. The van der Waals surface area contributed by atoms with Crippen molar-refractivity contribution in [3.63, 3.8) is 0 Å². The zero-order chi connectivity index (χ0) is 19.2. The number of carbonyl (C=O) groups is 2. The van der Waals surface area contributed by atoms with Gasteiger partial charge in [-0.3, -0.25) is 9.69 Å². The molecule has 1 aliphatic rings. The summed E-state index contributed by atoms with van der Waals surface area (Å²) in [6, 6.07) is 14.6. The molecule has 6 heteroatoms. The smallest absolute Gasteiger partial charge is 0.324 e. The number of hydrogen-bond acceptors (Lipinski definition) is 3. The molecule has 0 radical (unpaired) electrons. The molecule has 2 N–H and O–H groups in total. The van der Waals surface area contributed by atoms with Gasteiger partial charge in [-0.25, -0.2) is 4.79 Å². The number of ketones is 1. The number of carbonyl (C=O) groups excluding carboxylic acids is 2. The van der Waals surface area contributed by atoms with Gasteiger partial charge in [0.05, 0.1) is 13.1 Å². The molecule has 2 aromatic carbocycles. The molecule has 1 aliphatic heterocycles. The third kappa shape index (κ3) is 4.87. The van der Waals surface area contributed by atoms with Gasteiger partial charge in [0.2, 0.25) is 0 Å². The van der Waals surface area contributed by atoms with Crippen LogP contribution in [0.15, 0.2) is 48.5 Å². The quantitative estimate of drug-likeness (QED) is 0.788. The Morgan fingerprint density at radius 1 is 1.04 bits per heavy atom. The minimum Gasteiger partial charge on any atom is -0.324 e. The van der Waals surface area contributed by atoms with E-state index in [1.165, 1.54) is 0 Å². The molecular weight excluding hydrogens is 362 g/mol. The number of amides is 2. The molecule has 27 heavy (non-hydrogen) atoms. The van der Waals surface area contributed by atoms with E-state index in [9.17, 15) is 9.59 Å². The fourth-order valence-corrected chi connectivity index (χ4v) is 3.45. The van der Waals surface area contributed by atoms with E-state index < -0.39 is 0 Å². The van der Waals surface area contributed by atoms with Gasteiger partial charge in [-0.1, -0.05) is 41.9 Å². The third-order valence-electron chi connectivity index (χ3n) is 4.78. The number of rotatable bonds is 5. The highest BCUT2D eigenvalue weighted by Gasteiger charge is 2.24. The molecule has 2 amide bonds. The minimum atomic E-state index is -0.0994. The number of anilines is 1. The second-order valence-electron chi connectivity index (χ2n) is 6.72. The number of hydrogen-bond donors (Lipinski definition) is 1. The summed E-state index contributed by atoms with van der Waals surface area (Å²) in [7, 11) is 0. The summed E-state index contributed by atoms with van der Waals surface area (Å²) < 4.78 is 0. The predicted molar refractivity (Wildman–Crippen MR) is 108 cm³/mol. The first-order valence-electron chi connectivity index (χ1n) is 9.22. The average Bonchev–Trinajstić information content (AvgIpc) is 2.72. The zero-order valence-corrected chi connectivity index (χ0v) is 16.0. The molecule has 3 rings (SSSR count). The van der Waals surface area contributed by atoms with Crippen LogP contribution in [0.25, 0.3) is 0 Å². The van der Waals surface area contributed by atoms with Crippen LogP contribution in [0.4, 0.5) is 10.5 Å². The highest BCUT2D eigenvalue weighted by molar-refractivity contribution is 6.30. The number of piperidine rings is 1. The topological polar surface area (TPSA) is 66.6 Å². The van der Waals surface area contributed by atoms with Crippen LogP contribution in [-0.2, 0) is 6.54 Å². The highest BCUT2D eigenvalue weighted by Crippen LogP contribution is 2.24. The second kappa shape index (κ2) is 9.02. The van der Waals surface area contributed by atoms with Crippen molar-refractivity contribution in [3.05, 3.63) is 64.7 Å². The third-order valence-corrected chi connectivity index (χ3v) is 5.01. The summed E-state index contributed by atoms with van der Waals surface area (Å²) >= 11 is 6.15. The van der Waals surface area contributed by atoms with E-state index in [0.29, 0.717) is 17.1 Å². The van der Waals surface area contributed by atoms with E-state index in [4.69, 9.17) is 17.3 Å². The van der Waals surface area contributed by atoms with Crippen LogP contribution >= 0.6 is 11.6 Å². The maximum absolute atomic E-state index is 13.2. The van der Waals surface area contributed by atoms with Crippen molar-refractivity contribution in [3.8, 4) is 0 Å². The lowest BCUT2D eigenvalue weighted by Crippen LogP contribution is -2.45. The monoisotopic (exact) mass is 385 g/mol. The van der Waals surface area contributed by atoms with Crippen LogP contribution in [-0.4, -0.2) is 36.3 Å². The number of benzene rings is 2. The van der Waals surface area contributed by atoms with Gasteiger partial charge in [0.25, 0.3) is 0 Å². The molecule has 2 aromatic rings. The number of nitrogens with two attached hydrogens (primary N) is 1. The number of likely N-dealkylation sites (tertiary alicyclic amines) is 1. The van der Waals surface area contributed by atoms with Gasteiger partial charge in [-0.2, -0.15) is 0 Å².